The van der Waals surface area contributed by atoms with E-state index in [1.54, 1.807) is 12.4 Å². The minimum atomic E-state index is -0.556. The van der Waals surface area contributed by atoms with Crippen LogP contribution in [0.2, 0.25) is 0 Å². The number of hydrogen-bond acceptors (Lipinski definition) is 6. The molecule has 0 heterocycles. The molecule has 0 fully saturated rings. The summed E-state index contributed by atoms with van der Waals surface area (Å²) in [5.41, 5.74) is 6.96. The van der Waals surface area contributed by atoms with Gasteiger partial charge in [0.1, 0.15) is 23.0 Å². The van der Waals surface area contributed by atoms with Gasteiger partial charge in [-0.1, -0.05) is 119 Å². The van der Waals surface area contributed by atoms with Gasteiger partial charge in [-0.15, -0.1) is 13.2 Å². The third kappa shape index (κ3) is 17.2. The fourth-order valence-electron chi connectivity index (χ4n) is 6.36. The van der Waals surface area contributed by atoms with Gasteiger partial charge in [0.05, 0.1) is 24.6 Å². The van der Waals surface area contributed by atoms with Crippen molar-refractivity contribution in [2.45, 2.75) is 51.4 Å². The van der Waals surface area contributed by atoms with Crippen molar-refractivity contribution in [3.05, 3.63) is 201 Å². The van der Waals surface area contributed by atoms with E-state index in [9.17, 15) is 10.2 Å². The summed E-state index contributed by atoms with van der Waals surface area (Å²) in [6, 6.07) is 43.2. The van der Waals surface area contributed by atoms with Gasteiger partial charge in [0, 0.05) is 55.5 Å². The first-order valence-electron chi connectivity index (χ1n) is 20.4. The normalized spacial score (nSPS) is 11.7. The Labute approximate surface area is 406 Å². The first-order valence-corrected chi connectivity index (χ1v) is 26.3. The Morgan fingerprint density at radius 1 is 0.587 bits per heavy atom. The molecule has 6 nitrogen and oxygen atoms in total. The van der Waals surface area contributed by atoms with Crippen molar-refractivity contribution in [2.24, 2.45) is 9.98 Å². The van der Waals surface area contributed by atoms with E-state index in [0.717, 1.165) is 79.8 Å². The second-order valence-electron chi connectivity index (χ2n) is 14.3. The molecule has 326 valence electrons. The van der Waals surface area contributed by atoms with Gasteiger partial charge in [-0.2, -0.15) is 0 Å². The summed E-state index contributed by atoms with van der Waals surface area (Å²) in [6.45, 7) is 12.9. The number of nitrogens with zero attached hydrogens (tertiary/aromatic N) is 2. The molecular formula is C52H52Br2Cl2N2O4Ti. The van der Waals surface area contributed by atoms with Crippen LogP contribution in [0.3, 0.4) is 0 Å². The number of benzene rings is 6. The Kier molecular flexibility index (Phi) is 23.1. The second-order valence-corrected chi connectivity index (χ2v) is 18.7. The van der Waals surface area contributed by atoms with E-state index in [1.165, 1.54) is 0 Å². The predicted molar refractivity (Wildman–Crippen MR) is 268 cm³/mol. The number of hydrogen-bond donors (Lipinski definition) is 2. The van der Waals surface area contributed by atoms with E-state index in [4.69, 9.17) is 28.1 Å². The van der Waals surface area contributed by atoms with Gasteiger partial charge in [-0.3, -0.25) is 9.98 Å². The van der Waals surface area contributed by atoms with E-state index in [1.807, 2.05) is 121 Å². The van der Waals surface area contributed by atoms with E-state index < -0.39 is 17.0 Å². The van der Waals surface area contributed by atoms with Crippen LogP contribution in [-0.4, -0.2) is 35.9 Å². The van der Waals surface area contributed by atoms with Crippen LogP contribution in [0, 0.1) is 0 Å². The second kappa shape index (κ2) is 28.4. The number of allylic oxidation sites excluding steroid dienone is 2. The monoisotopic (exact) mass is 1040 g/mol. The molecule has 0 radical (unpaired) electrons. The summed E-state index contributed by atoms with van der Waals surface area (Å²) in [7, 11) is 9.78. The maximum absolute atomic E-state index is 10.9. The zero-order chi connectivity index (χ0) is 45.4. The van der Waals surface area contributed by atoms with Gasteiger partial charge in [-0.25, -0.2) is 0 Å². The number of phenolic OH excluding ortho intramolecular Hbond substituents is 2. The van der Waals surface area contributed by atoms with E-state index in [0.29, 0.717) is 24.3 Å². The Balaban J connectivity index is 0.000000260. The molecule has 0 saturated heterocycles. The van der Waals surface area contributed by atoms with Gasteiger partial charge < -0.3 is 19.7 Å². The Morgan fingerprint density at radius 3 is 1.27 bits per heavy atom. The summed E-state index contributed by atoms with van der Waals surface area (Å²) in [6.07, 6.45) is 11.0. The van der Waals surface area contributed by atoms with Crippen LogP contribution in [-0.2, 0) is 17.0 Å². The number of unbranched alkanes of at least 4 members (excludes halogenated alkanes) is 2. The number of aromatic hydroxyl groups is 2. The van der Waals surface area contributed by atoms with Crippen LogP contribution in [0.1, 0.15) is 84.7 Å². The molecule has 0 spiro atoms. The van der Waals surface area contributed by atoms with Crippen molar-refractivity contribution in [2.75, 3.05) is 13.2 Å². The zero-order valence-corrected chi connectivity index (χ0v) is 41.7. The predicted octanol–water partition coefficient (Wildman–Crippen LogP) is 16.2. The van der Waals surface area contributed by atoms with Crippen molar-refractivity contribution in [1.29, 1.82) is 0 Å². The zero-order valence-electron chi connectivity index (χ0n) is 35.4. The molecule has 63 heavy (non-hydrogen) atoms. The van der Waals surface area contributed by atoms with Crippen molar-refractivity contribution in [1.82, 2.24) is 0 Å². The molecule has 0 amide bonds. The summed E-state index contributed by atoms with van der Waals surface area (Å²) in [5, 5.41) is 21.7. The fraction of sp³-hybridized carbons (Fsp3) is 0.192. The van der Waals surface area contributed by atoms with Crippen molar-refractivity contribution in [3.8, 4) is 23.0 Å². The SMILES string of the molecule is C=CCCCOc1ccc(N=Cc2cc(Br)cc(C(C)c3ccccc3)c2O)cc1.C=CCCCOc1ccc(N=Cc2cc(Br)cc(C(C)c3ccccc3)c2O)cc1.[Cl][Ti][Cl]. The Hall–Kier alpha value is -4.41. The molecule has 0 aliphatic heterocycles. The summed E-state index contributed by atoms with van der Waals surface area (Å²) >= 11 is 6.57. The van der Waals surface area contributed by atoms with Crippen LogP contribution in [0.15, 0.2) is 178 Å². The Bertz CT molecular complexity index is 2200. The molecule has 6 aromatic carbocycles. The first-order chi connectivity index (χ1) is 30.6. The summed E-state index contributed by atoms with van der Waals surface area (Å²) in [5.74, 6) is 2.27. The molecule has 2 N–H and O–H groups in total. The first kappa shape index (κ1) is 51.2. The average molecular weight is 1050 g/mol. The molecule has 11 heteroatoms. The average Bonchev–Trinajstić information content (AvgIpc) is 3.31. The molecule has 0 bridgehead atoms. The van der Waals surface area contributed by atoms with Gasteiger partial charge >= 0.3 is 35.6 Å². The van der Waals surface area contributed by atoms with Crippen LogP contribution < -0.4 is 9.47 Å². The summed E-state index contributed by atoms with van der Waals surface area (Å²) in [4.78, 5) is 9.06. The van der Waals surface area contributed by atoms with E-state index >= 15 is 0 Å². The quantitative estimate of drug-likeness (QED) is 0.0389. The van der Waals surface area contributed by atoms with Gasteiger partial charge in [-0.05, 0) is 110 Å². The molecule has 6 rings (SSSR count). The van der Waals surface area contributed by atoms with Crippen LogP contribution in [0.4, 0.5) is 11.4 Å². The molecule has 2 unspecified atom stereocenters. The van der Waals surface area contributed by atoms with Crippen molar-refractivity contribution < 1.29 is 36.7 Å². The van der Waals surface area contributed by atoms with Gasteiger partial charge in [0.25, 0.3) is 0 Å². The third-order valence-electron chi connectivity index (χ3n) is 9.82. The number of aliphatic imine (C=N–C) groups is 2. The third-order valence-corrected chi connectivity index (χ3v) is 10.7. The number of rotatable bonds is 18. The standard InChI is InChI=1S/2C26H26BrNO2.2ClH.Ti/c2*1-3-4-8-15-30-24-13-11-23(12-14-24)28-18-21-16-22(27)17-25(26(21)29)19(2)20-9-6-5-7-10-20;;;/h2*3,5-7,9-14,16-19,29H,1,4,8,15H2,2H3;2*1H;/q;;;;+2/p-2. The van der Waals surface area contributed by atoms with E-state index in [2.05, 4.69) is 93.1 Å². The maximum atomic E-state index is 10.9. The van der Waals surface area contributed by atoms with E-state index in [-0.39, 0.29) is 23.3 Å². The number of ether oxygens (including phenoxy) is 2. The fourth-order valence-corrected chi connectivity index (χ4v) is 7.35. The Morgan fingerprint density at radius 2 is 0.937 bits per heavy atom. The topological polar surface area (TPSA) is 83.6 Å². The molecule has 0 saturated carbocycles. The van der Waals surface area contributed by atoms with Crippen molar-refractivity contribution >= 4 is 74.3 Å². The molecule has 2 atom stereocenters. The van der Waals surface area contributed by atoms with Gasteiger partial charge in [0.2, 0.25) is 0 Å². The molecular weight excluding hydrogens is 995 g/mol. The van der Waals surface area contributed by atoms with Crippen LogP contribution in [0.5, 0.6) is 23.0 Å². The molecule has 0 aliphatic rings. The summed E-state index contributed by atoms with van der Waals surface area (Å²) < 4.78 is 13.2. The number of halogens is 4. The molecule has 6 aromatic rings. The minimum absolute atomic E-state index is 0.0633. The van der Waals surface area contributed by atoms with Crippen molar-refractivity contribution in [3.63, 3.8) is 0 Å². The molecule has 0 aromatic heterocycles. The molecule has 0 aliphatic carbocycles. The van der Waals surface area contributed by atoms with Gasteiger partial charge in [0.15, 0.2) is 0 Å². The van der Waals surface area contributed by atoms with Crippen LogP contribution >= 0.6 is 50.5 Å². The van der Waals surface area contributed by atoms with Crippen LogP contribution in [0.25, 0.3) is 0 Å². The number of phenols is 2.